The van der Waals surface area contributed by atoms with Gasteiger partial charge in [-0.2, -0.15) is 8.78 Å². The van der Waals surface area contributed by atoms with E-state index in [-0.39, 0.29) is 12.2 Å². The van der Waals surface area contributed by atoms with Gasteiger partial charge in [-0.05, 0) is 35.9 Å². The molecule has 0 saturated heterocycles. The summed E-state index contributed by atoms with van der Waals surface area (Å²) >= 11 is 0. The Balaban J connectivity index is 1.43. The number of esters is 1. The third-order valence-electron chi connectivity index (χ3n) is 5.36. The molecule has 2 aromatic heterocycles. The molecule has 2 heterocycles. The lowest BCUT2D eigenvalue weighted by Gasteiger charge is -2.15. The van der Waals surface area contributed by atoms with E-state index in [1.54, 1.807) is 31.2 Å². The minimum absolute atomic E-state index is 0.00653. The van der Waals surface area contributed by atoms with Crippen LogP contribution < -0.4 is 0 Å². The van der Waals surface area contributed by atoms with Gasteiger partial charge in [0.25, 0.3) is 0 Å². The number of imidazole rings is 1. The zero-order valence-corrected chi connectivity index (χ0v) is 16.6. The van der Waals surface area contributed by atoms with Crippen LogP contribution in [0.15, 0.2) is 71.3 Å². The molecule has 0 aliphatic rings. The molecule has 0 fully saturated rings. The van der Waals surface area contributed by atoms with E-state index < -0.39 is 18.6 Å². The number of rotatable bonds is 5. The number of aromatic nitrogens is 2. The van der Waals surface area contributed by atoms with Crippen LogP contribution >= 0.6 is 0 Å². The Labute approximate surface area is 175 Å². The third kappa shape index (κ3) is 3.32. The molecule has 0 saturated carbocycles. The van der Waals surface area contributed by atoms with Crippen LogP contribution in [-0.4, -0.2) is 15.5 Å². The lowest BCUT2D eigenvalue weighted by molar-refractivity contribution is -0.148. The van der Waals surface area contributed by atoms with E-state index in [2.05, 4.69) is 4.98 Å². The van der Waals surface area contributed by atoms with Crippen molar-refractivity contribution in [2.24, 2.45) is 0 Å². The number of ether oxygens (including phenoxy) is 1. The van der Waals surface area contributed by atoms with Gasteiger partial charge >= 0.3 is 12.5 Å². The zero-order chi connectivity index (χ0) is 21.5. The molecule has 3 aromatic carbocycles. The summed E-state index contributed by atoms with van der Waals surface area (Å²) < 4.78 is 39.3. The van der Waals surface area contributed by atoms with E-state index in [0.29, 0.717) is 22.2 Å². The van der Waals surface area contributed by atoms with Crippen molar-refractivity contribution in [1.82, 2.24) is 9.55 Å². The summed E-state index contributed by atoms with van der Waals surface area (Å²) in [5, 5.41) is 2.86. The maximum atomic E-state index is 13.7. The largest absolute Gasteiger partial charge is 0.464 e. The van der Waals surface area contributed by atoms with E-state index in [9.17, 15) is 13.6 Å². The quantitative estimate of drug-likeness (QED) is 0.319. The summed E-state index contributed by atoms with van der Waals surface area (Å²) in [6, 6.07) is 18.2. The fourth-order valence-electron chi connectivity index (χ4n) is 4.01. The highest BCUT2D eigenvalue weighted by atomic mass is 19.3. The minimum Gasteiger partial charge on any atom is -0.464 e. The maximum absolute atomic E-state index is 13.7. The molecule has 0 radical (unpaired) electrons. The first-order chi connectivity index (χ1) is 15.0. The standard InChI is InChI=1S/C24H18F2N2O3/c1-14(23-27-18-8-4-5-9-19(18)28(23)24(25)26)31-21(29)12-16-13-30-20-11-10-15-6-2-3-7-17(15)22(16)20/h2-11,13-14,24H,12H2,1H3. The molecular formula is C24H18F2N2O3. The molecule has 5 aromatic rings. The monoisotopic (exact) mass is 420 g/mol. The molecule has 0 aliphatic carbocycles. The van der Waals surface area contributed by atoms with Gasteiger partial charge in [0.2, 0.25) is 0 Å². The number of carbonyl (C=O) groups excluding carboxylic acids is 1. The number of fused-ring (bicyclic) bond motifs is 4. The summed E-state index contributed by atoms with van der Waals surface area (Å²) in [5.74, 6) is -0.539. The number of carbonyl (C=O) groups is 1. The SMILES string of the molecule is CC(OC(=O)Cc1coc2ccc3ccccc3c12)c1nc2ccccc2n1C(F)F. The van der Waals surface area contributed by atoms with E-state index in [0.717, 1.165) is 20.7 Å². The van der Waals surface area contributed by atoms with Crippen LogP contribution in [0.2, 0.25) is 0 Å². The van der Waals surface area contributed by atoms with Gasteiger partial charge in [0, 0.05) is 10.9 Å². The predicted molar refractivity (Wildman–Crippen MR) is 113 cm³/mol. The molecule has 31 heavy (non-hydrogen) atoms. The highest BCUT2D eigenvalue weighted by molar-refractivity contribution is 6.08. The third-order valence-corrected chi connectivity index (χ3v) is 5.36. The van der Waals surface area contributed by atoms with Gasteiger partial charge in [-0.1, -0.05) is 42.5 Å². The van der Waals surface area contributed by atoms with Gasteiger partial charge in [-0.3, -0.25) is 9.36 Å². The summed E-state index contributed by atoms with van der Waals surface area (Å²) in [6.45, 7) is -1.26. The van der Waals surface area contributed by atoms with Crippen LogP contribution in [0.25, 0.3) is 32.8 Å². The highest BCUT2D eigenvalue weighted by Gasteiger charge is 2.25. The summed E-state index contributed by atoms with van der Waals surface area (Å²) in [4.78, 5) is 16.9. The molecule has 5 nitrogen and oxygen atoms in total. The van der Waals surface area contributed by atoms with Crippen molar-refractivity contribution in [2.45, 2.75) is 26.0 Å². The first-order valence-corrected chi connectivity index (χ1v) is 9.85. The topological polar surface area (TPSA) is 57.3 Å². The summed E-state index contributed by atoms with van der Waals surface area (Å²) in [6.07, 6.45) is 0.557. The second-order valence-electron chi connectivity index (χ2n) is 7.34. The molecule has 0 N–H and O–H groups in total. The molecule has 156 valence electrons. The number of hydrogen-bond donors (Lipinski definition) is 0. The summed E-state index contributed by atoms with van der Waals surface area (Å²) in [5.41, 5.74) is 2.08. The number of alkyl halides is 2. The first kappa shape index (κ1) is 19.2. The van der Waals surface area contributed by atoms with Crippen molar-refractivity contribution in [1.29, 1.82) is 0 Å². The molecular weight excluding hydrogens is 402 g/mol. The Morgan fingerprint density at radius 1 is 1.10 bits per heavy atom. The van der Waals surface area contributed by atoms with Crippen molar-refractivity contribution in [2.75, 3.05) is 0 Å². The average molecular weight is 420 g/mol. The van der Waals surface area contributed by atoms with Crippen molar-refractivity contribution in [3.8, 4) is 0 Å². The van der Waals surface area contributed by atoms with E-state index in [1.165, 1.54) is 6.26 Å². The predicted octanol–water partition coefficient (Wildman–Crippen LogP) is 6.18. The zero-order valence-electron chi connectivity index (χ0n) is 16.6. The minimum atomic E-state index is -2.80. The normalized spacial score (nSPS) is 12.8. The van der Waals surface area contributed by atoms with Crippen LogP contribution in [-0.2, 0) is 16.0 Å². The average Bonchev–Trinajstić information content (AvgIpc) is 3.35. The van der Waals surface area contributed by atoms with Gasteiger partial charge in [-0.15, -0.1) is 0 Å². The number of halogens is 2. The van der Waals surface area contributed by atoms with E-state index in [4.69, 9.17) is 9.15 Å². The van der Waals surface area contributed by atoms with Crippen LogP contribution in [0.5, 0.6) is 0 Å². The van der Waals surface area contributed by atoms with Crippen LogP contribution in [0.3, 0.4) is 0 Å². The van der Waals surface area contributed by atoms with Crippen LogP contribution in [0.4, 0.5) is 8.78 Å². The number of hydrogen-bond acceptors (Lipinski definition) is 4. The molecule has 1 unspecified atom stereocenters. The molecule has 5 rings (SSSR count). The Bertz CT molecular complexity index is 1420. The lowest BCUT2D eigenvalue weighted by atomic mass is 10.0. The molecule has 1 atom stereocenters. The van der Waals surface area contributed by atoms with Gasteiger partial charge in [0.1, 0.15) is 5.58 Å². The number of benzene rings is 3. The van der Waals surface area contributed by atoms with Crippen LogP contribution in [0.1, 0.15) is 31.0 Å². The van der Waals surface area contributed by atoms with Gasteiger partial charge in [0.15, 0.2) is 11.9 Å². The fourth-order valence-corrected chi connectivity index (χ4v) is 4.01. The van der Waals surface area contributed by atoms with Gasteiger partial charge < -0.3 is 9.15 Å². The van der Waals surface area contributed by atoms with Gasteiger partial charge in [-0.25, -0.2) is 4.98 Å². The number of nitrogens with zero attached hydrogens (tertiary/aromatic N) is 2. The van der Waals surface area contributed by atoms with Crippen molar-refractivity contribution in [3.63, 3.8) is 0 Å². The van der Waals surface area contributed by atoms with E-state index in [1.807, 2.05) is 36.4 Å². The smallest absolute Gasteiger partial charge is 0.320 e. The van der Waals surface area contributed by atoms with Gasteiger partial charge in [0.05, 0.1) is 23.7 Å². The maximum Gasteiger partial charge on any atom is 0.320 e. The van der Waals surface area contributed by atoms with E-state index >= 15 is 0 Å². The number of furan rings is 1. The Kier molecular flexibility index (Phi) is 4.66. The van der Waals surface area contributed by atoms with Crippen molar-refractivity contribution in [3.05, 3.63) is 78.3 Å². The van der Waals surface area contributed by atoms with Crippen LogP contribution in [0, 0.1) is 0 Å². The molecule has 7 heteroatoms. The second kappa shape index (κ2) is 7.50. The molecule has 0 spiro atoms. The van der Waals surface area contributed by atoms with Crippen molar-refractivity contribution < 1.29 is 22.7 Å². The summed E-state index contributed by atoms with van der Waals surface area (Å²) in [7, 11) is 0. The lowest BCUT2D eigenvalue weighted by Crippen LogP contribution is -2.15. The molecule has 0 aliphatic heterocycles. The Hall–Kier alpha value is -3.74. The fraction of sp³-hybridized carbons (Fsp3) is 0.167. The molecule has 0 bridgehead atoms. The van der Waals surface area contributed by atoms with Crippen molar-refractivity contribution >= 4 is 38.7 Å². The Morgan fingerprint density at radius 2 is 1.87 bits per heavy atom. The molecule has 0 amide bonds. The second-order valence-corrected chi connectivity index (χ2v) is 7.34. The Morgan fingerprint density at radius 3 is 2.71 bits per heavy atom. The first-order valence-electron chi connectivity index (χ1n) is 9.85. The number of para-hydroxylation sites is 2. The highest BCUT2D eigenvalue weighted by Crippen LogP contribution is 2.31.